The molecule has 0 spiro atoms. The largest absolute Gasteiger partial charge is 0.396 e. The molecule has 0 aliphatic carbocycles. The highest BCUT2D eigenvalue weighted by Gasteiger charge is 2.04. The smallest absolute Gasteiger partial charge is 0.101 e. The number of benzene rings is 1. The third-order valence-corrected chi connectivity index (χ3v) is 1.91. The van der Waals surface area contributed by atoms with Gasteiger partial charge in [-0.3, -0.25) is 0 Å². The van der Waals surface area contributed by atoms with E-state index in [1.807, 2.05) is 6.07 Å². The zero-order valence-corrected chi connectivity index (χ0v) is 7.17. The second kappa shape index (κ2) is 4.10. The van der Waals surface area contributed by atoms with Gasteiger partial charge in [0.15, 0.2) is 0 Å². The summed E-state index contributed by atoms with van der Waals surface area (Å²) in [5, 5.41) is 17.8. The number of aliphatic hydroxyl groups is 1. The van der Waals surface area contributed by atoms with Crippen LogP contribution in [-0.4, -0.2) is 11.7 Å². The van der Waals surface area contributed by atoms with Crippen LogP contribution in [0.25, 0.3) is 0 Å². The number of aliphatic hydroxyl groups excluding tert-OH is 1. The van der Waals surface area contributed by atoms with Crippen LogP contribution in [-0.2, 0) is 6.42 Å². The quantitative estimate of drug-likeness (QED) is 0.756. The van der Waals surface area contributed by atoms with Crippen LogP contribution in [0, 0.1) is 11.3 Å². The topological polar surface area (TPSA) is 44.0 Å². The van der Waals surface area contributed by atoms with Gasteiger partial charge >= 0.3 is 0 Å². The Morgan fingerprint density at radius 2 is 2.25 bits per heavy atom. The average molecular weight is 182 g/mol. The molecule has 3 heteroatoms. The van der Waals surface area contributed by atoms with Crippen molar-refractivity contribution in [3.8, 4) is 6.07 Å². The van der Waals surface area contributed by atoms with Crippen molar-refractivity contribution in [3.63, 3.8) is 0 Å². The number of hydrogen-bond acceptors (Lipinski definition) is 2. The first-order valence-electron chi connectivity index (χ1n) is 3.58. The molecule has 62 valence electrons. The minimum atomic E-state index is 0.0367. The van der Waals surface area contributed by atoms with Crippen LogP contribution in [0.15, 0.2) is 18.2 Å². The average Bonchev–Trinajstić information content (AvgIpc) is 2.05. The summed E-state index contributed by atoms with van der Waals surface area (Å²) in [6.07, 6.45) is 0.476. The monoisotopic (exact) mass is 181 g/mol. The molecule has 0 aliphatic heterocycles. The molecule has 0 saturated carbocycles. The molecule has 0 unspecified atom stereocenters. The zero-order chi connectivity index (χ0) is 8.97. The molecule has 0 bridgehead atoms. The van der Waals surface area contributed by atoms with Gasteiger partial charge in [-0.15, -0.1) is 0 Å². The number of nitriles is 1. The van der Waals surface area contributed by atoms with Crippen LogP contribution >= 0.6 is 11.6 Å². The summed E-state index contributed by atoms with van der Waals surface area (Å²) in [6.45, 7) is 0.0367. The van der Waals surface area contributed by atoms with Crippen molar-refractivity contribution in [2.24, 2.45) is 0 Å². The lowest BCUT2D eigenvalue weighted by Crippen LogP contribution is -1.94. The molecule has 1 rings (SSSR count). The Kier molecular flexibility index (Phi) is 3.09. The van der Waals surface area contributed by atoms with E-state index in [1.165, 1.54) is 0 Å². The highest BCUT2D eigenvalue weighted by Crippen LogP contribution is 2.18. The van der Waals surface area contributed by atoms with Gasteiger partial charge in [0, 0.05) is 6.61 Å². The maximum Gasteiger partial charge on any atom is 0.101 e. The Morgan fingerprint density at radius 1 is 1.50 bits per heavy atom. The van der Waals surface area contributed by atoms with E-state index in [9.17, 15) is 0 Å². The molecule has 0 heterocycles. The van der Waals surface area contributed by atoms with E-state index < -0.39 is 0 Å². The van der Waals surface area contributed by atoms with Crippen LogP contribution < -0.4 is 0 Å². The Bertz CT molecular complexity index is 317. The molecular weight excluding hydrogens is 174 g/mol. The highest BCUT2D eigenvalue weighted by molar-refractivity contribution is 6.31. The lowest BCUT2D eigenvalue weighted by atomic mass is 10.1. The fraction of sp³-hybridized carbons (Fsp3) is 0.222. The van der Waals surface area contributed by atoms with Gasteiger partial charge in [-0.25, -0.2) is 0 Å². The van der Waals surface area contributed by atoms with Crippen LogP contribution in [0.3, 0.4) is 0 Å². The van der Waals surface area contributed by atoms with Crippen LogP contribution in [0.2, 0.25) is 5.02 Å². The molecule has 0 aromatic heterocycles. The van der Waals surface area contributed by atoms with E-state index in [0.717, 1.165) is 5.56 Å². The summed E-state index contributed by atoms with van der Waals surface area (Å²) in [5.74, 6) is 0. The molecule has 1 aromatic rings. The van der Waals surface area contributed by atoms with Crippen LogP contribution in [0.4, 0.5) is 0 Å². The molecule has 0 aliphatic rings. The van der Waals surface area contributed by atoms with Crippen molar-refractivity contribution in [2.45, 2.75) is 6.42 Å². The lowest BCUT2D eigenvalue weighted by molar-refractivity contribution is 0.299. The Hall–Kier alpha value is -1.04. The number of rotatable bonds is 2. The van der Waals surface area contributed by atoms with Gasteiger partial charge in [-0.1, -0.05) is 23.7 Å². The summed E-state index contributed by atoms with van der Waals surface area (Å²) in [4.78, 5) is 0. The Morgan fingerprint density at radius 3 is 2.83 bits per heavy atom. The van der Waals surface area contributed by atoms with Crippen molar-refractivity contribution >= 4 is 11.6 Å². The van der Waals surface area contributed by atoms with E-state index in [4.69, 9.17) is 22.0 Å². The van der Waals surface area contributed by atoms with Crippen LogP contribution in [0.5, 0.6) is 0 Å². The number of nitrogens with zero attached hydrogens (tertiary/aromatic N) is 1. The van der Waals surface area contributed by atoms with Crippen molar-refractivity contribution in [2.75, 3.05) is 6.61 Å². The molecule has 1 aromatic carbocycles. The standard InChI is InChI=1S/C9H8ClNO/c10-9-3-1-2-7(4-5-12)8(9)6-11/h1-3,12H,4-5H2. The minimum Gasteiger partial charge on any atom is -0.396 e. The van der Waals surface area contributed by atoms with E-state index >= 15 is 0 Å². The molecule has 0 saturated heterocycles. The van der Waals surface area contributed by atoms with Crippen molar-refractivity contribution in [1.29, 1.82) is 5.26 Å². The van der Waals surface area contributed by atoms with Gasteiger partial charge in [-0.2, -0.15) is 5.26 Å². The normalized spacial score (nSPS) is 9.42. The van der Waals surface area contributed by atoms with Gasteiger partial charge < -0.3 is 5.11 Å². The second-order valence-corrected chi connectivity index (χ2v) is 2.77. The number of hydrogen-bond donors (Lipinski definition) is 1. The fourth-order valence-electron chi connectivity index (χ4n) is 1.02. The van der Waals surface area contributed by atoms with E-state index in [-0.39, 0.29) is 6.61 Å². The summed E-state index contributed by atoms with van der Waals surface area (Å²) >= 11 is 5.76. The molecule has 12 heavy (non-hydrogen) atoms. The minimum absolute atomic E-state index is 0.0367. The van der Waals surface area contributed by atoms with Gasteiger partial charge in [0.2, 0.25) is 0 Å². The highest BCUT2D eigenvalue weighted by atomic mass is 35.5. The summed E-state index contributed by atoms with van der Waals surface area (Å²) < 4.78 is 0. The third-order valence-electron chi connectivity index (χ3n) is 1.59. The zero-order valence-electron chi connectivity index (χ0n) is 6.42. The van der Waals surface area contributed by atoms with Crippen LogP contribution in [0.1, 0.15) is 11.1 Å². The van der Waals surface area contributed by atoms with E-state index in [2.05, 4.69) is 0 Å². The van der Waals surface area contributed by atoms with E-state index in [0.29, 0.717) is 17.0 Å². The molecule has 1 N–H and O–H groups in total. The lowest BCUT2D eigenvalue weighted by Gasteiger charge is -2.01. The maximum atomic E-state index is 8.71. The van der Waals surface area contributed by atoms with Gasteiger partial charge in [0.05, 0.1) is 10.6 Å². The predicted molar refractivity (Wildman–Crippen MR) is 47.0 cm³/mol. The van der Waals surface area contributed by atoms with E-state index in [1.54, 1.807) is 18.2 Å². The van der Waals surface area contributed by atoms with Gasteiger partial charge in [0.25, 0.3) is 0 Å². The first kappa shape index (κ1) is 9.05. The first-order chi connectivity index (χ1) is 5.79. The Labute approximate surface area is 76.0 Å². The first-order valence-corrected chi connectivity index (χ1v) is 3.95. The molecule has 0 fully saturated rings. The van der Waals surface area contributed by atoms with Gasteiger partial charge in [-0.05, 0) is 18.1 Å². The van der Waals surface area contributed by atoms with Crippen molar-refractivity contribution in [1.82, 2.24) is 0 Å². The van der Waals surface area contributed by atoms with Gasteiger partial charge in [0.1, 0.15) is 6.07 Å². The third kappa shape index (κ3) is 1.76. The summed E-state index contributed by atoms with van der Waals surface area (Å²) in [5.41, 5.74) is 1.26. The van der Waals surface area contributed by atoms with Crippen molar-refractivity contribution < 1.29 is 5.11 Å². The number of halogens is 1. The second-order valence-electron chi connectivity index (χ2n) is 2.36. The molecule has 0 radical (unpaired) electrons. The SMILES string of the molecule is N#Cc1c(Cl)cccc1CCO. The maximum absolute atomic E-state index is 8.71. The molecule has 0 amide bonds. The molecule has 0 atom stereocenters. The summed E-state index contributed by atoms with van der Waals surface area (Å²) in [7, 11) is 0. The summed E-state index contributed by atoms with van der Waals surface area (Å²) in [6, 6.07) is 7.24. The molecule has 2 nitrogen and oxygen atoms in total. The fourth-order valence-corrected chi connectivity index (χ4v) is 1.26. The Balaban J connectivity index is 3.11. The van der Waals surface area contributed by atoms with Crippen molar-refractivity contribution in [3.05, 3.63) is 34.3 Å². The predicted octanol–water partition coefficient (Wildman–Crippen LogP) is 1.75. The molecular formula is C9H8ClNO.